The Morgan fingerprint density at radius 3 is 2.58 bits per heavy atom. The molecular weight excluding hydrogens is 267 g/mol. The molecule has 1 aromatic rings. The number of rotatable bonds is 7. The van der Waals surface area contributed by atoms with Crippen molar-refractivity contribution >= 4 is 10.0 Å². The molecule has 0 saturated carbocycles. The third-order valence-electron chi connectivity index (χ3n) is 2.61. The summed E-state index contributed by atoms with van der Waals surface area (Å²) >= 11 is 0. The third kappa shape index (κ3) is 4.56. The molecule has 0 amide bonds. The molecule has 19 heavy (non-hydrogen) atoms. The second-order valence-corrected chi connectivity index (χ2v) is 6.79. The zero-order valence-corrected chi connectivity index (χ0v) is 12.2. The zero-order chi connectivity index (χ0) is 14.5. The summed E-state index contributed by atoms with van der Waals surface area (Å²) in [6.45, 7) is 5.06. The van der Waals surface area contributed by atoms with Crippen molar-refractivity contribution in [2.45, 2.75) is 25.2 Å². The van der Waals surface area contributed by atoms with Gasteiger partial charge < -0.3 is 5.73 Å². The van der Waals surface area contributed by atoms with Crippen LogP contribution < -0.4 is 5.73 Å². The van der Waals surface area contributed by atoms with Crippen molar-refractivity contribution in [3.8, 4) is 0 Å². The molecule has 0 fully saturated rings. The molecule has 4 nitrogen and oxygen atoms in total. The van der Waals surface area contributed by atoms with Gasteiger partial charge in [0.2, 0.25) is 10.0 Å². The summed E-state index contributed by atoms with van der Waals surface area (Å²) in [6, 6.07) is 5.09. The number of nitrogens with zero attached hydrogens (tertiary/aromatic N) is 1. The Morgan fingerprint density at radius 1 is 1.37 bits per heavy atom. The quantitative estimate of drug-likeness (QED) is 0.832. The molecule has 0 heterocycles. The Bertz CT molecular complexity index is 503. The number of hydrogen-bond donors (Lipinski definition) is 1. The van der Waals surface area contributed by atoms with Crippen molar-refractivity contribution in [2.75, 3.05) is 19.6 Å². The fourth-order valence-electron chi connectivity index (χ4n) is 1.76. The van der Waals surface area contributed by atoms with E-state index in [-0.39, 0.29) is 10.8 Å². The molecule has 6 heteroatoms. The molecule has 2 N–H and O–H groups in total. The fraction of sp³-hybridized carbons (Fsp3) is 0.538. The van der Waals surface area contributed by atoms with Crippen LogP contribution in [0, 0.1) is 11.7 Å². The van der Waals surface area contributed by atoms with Gasteiger partial charge in [-0.15, -0.1) is 0 Å². The standard InChI is InChI=1S/C13H21FN2O2S/c1-11(2)10-16(8-4-7-15)19(17,18)13-6-3-5-12(14)9-13/h3,5-6,9,11H,4,7-8,10,15H2,1-2H3. The largest absolute Gasteiger partial charge is 0.330 e. The molecule has 0 saturated heterocycles. The Kier molecular flexibility index (Phi) is 5.90. The first-order chi connectivity index (χ1) is 8.87. The van der Waals surface area contributed by atoms with Crippen molar-refractivity contribution < 1.29 is 12.8 Å². The maximum atomic E-state index is 13.2. The Morgan fingerprint density at radius 2 is 2.05 bits per heavy atom. The Balaban J connectivity index is 3.04. The highest BCUT2D eigenvalue weighted by molar-refractivity contribution is 7.89. The lowest BCUT2D eigenvalue weighted by Crippen LogP contribution is -2.35. The second-order valence-electron chi connectivity index (χ2n) is 4.86. The summed E-state index contributed by atoms with van der Waals surface area (Å²) in [5, 5.41) is 0. The van der Waals surface area contributed by atoms with Crippen molar-refractivity contribution in [3.05, 3.63) is 30.1 Å². The molecule has 108 valence electrons. The van der Waals surface area contributed by atoms with Crippen LogP contribution in [-0.4, -0.2) is 32.4 Å². The lowest BCUT2D eigenvalue weighted by atomic mass is 10.2. The van der Waals surface area contributed by atoms with Crippen LogP contribution in [0.15, 0.2) is 29.2 Å². The predicted molar refractivity (Wildman–Crippen MR) is 73.7 cm³/mol. The van der Waals surface area contributed by atoms with Gasteiger partial charge in [-0.3, -0.25) is 0 Å². The molecule has 1 aromatic carbocycles. The topological polar surface area (TPSA) is 63.4 Å². The van der Waals surface area contributed by atoms with Gasteiger partial charge in [0.1, 0.15) is 5.82 Å². The first kappa shape index (κ1) is 16.1. The minimum Gasteiger partial charge on any atom is -0.330 e. The van der Waals surface area contributed by atoms with Gasteiger partial charge in [0, 0.05) is 13.1 Å². The van der Waals surface area contributed by atoms with E-state index < -0.39 is 15.8 Å². The molecule has 0 aliphatic heterocycles. The van der Waals surface area contributed by atoms with E-state index >= 15 is 0 Å². The zero-order valence-electron chi connectivity index (χ0n) is 11.3. The predicted octanol–water partition coefficient (Wildman–Crippen LogP) is 1.82. The van der Waals surface area contributed by atoms with E-state index in [2.05, 4.69) is 0 Å². The molecular formula is C13H21FN2O2S. The minimum absolute atomic E-state index is 0.00910. The molecule has 0 bridgehead atoms. The lowest BCUT2D eigenvalue weighted by molar-refractivity contribution is 0.364. The lowest BCUT2D eigenvalue weighted by Gasteiger charge is -2.23. The molecule has 0 aromatic heterocycles. The Labute approximate surface area is 114 Å². The fourth-order valence-corrected chi connectivity index (χ4v) is 3.44. The first-order valence-electron chi connectivity index (χ1n) is 6.33. The highest BCUT2D eigenvalue weighted by Gasteiger charge is 2.24. The van der Waals surface area contributed by atoms with Gasteiger partial charge in [-0.1, -0.05) is 19.9 Å². The Hall–Kier alpha value is -0.980. The summed E-state index contributed by atoms with van der Waals surface area (Å²) in [5.41, 5.74) is 5.43. The van der Waals surface area contributed by atoms with Crippen molar-refractivity contribution in [1.82, 2.24) is 4.31 Å². The van der Waals surface area contributed by atoms with Crippen molar-refractivity contribution in [1.29, 1.82) is 0 Å². The van der Waals surface area contributed by atoms with E-state index in [1.54, 1.807) is 0 Å². The molecule has 1 rings (SSSR count). The van der Waals surface area contributed by atoms with E-state index in [1.165, 1.54) is 22.5 Å². The smallest absolute Gasteiger partial charge is 0.243 e. The van der Waals surface area contributed by atoms with Crippen LogP contribution in [0.2, 0.25) is 0 Å². The highest BCUT2D eigenvalue weighted by atomic mass is 32.2. The van der Waals surface area contributed by atoms with Gasteiger partial charge in [-0.25, -0.2) is 12.8 Å². The molecule has 0 atom stereocenters. The van der Waals surface area contributed by atoms with Crippen LogP contribution in [0.25, 0.3) is 0 Å². The maximum Gasteiger partial charge on any atom is 0.243 e. The summed E-state index contributed by atoms with van der Waals surface area (Å²) < 4.78 is 39.4. The SMILES string of the molecule is CC(C)CN(CCCN)S(=O)(=O)c1cccc(F)c1. The van der Waals surface area contributed by atoms with E-state index in [4.69, 9.17) is 5.73 Å². The highest BCUT2D eigenvalue weighted by Crippen LogP contribution is 2.18. The average Bonchev–Trinajstić information content (AvgIpc) is 2.34. The summed E-state index contributed by atoms with van der Waals surface area (Å²) in [6.07, 6.45) is 0.585. The van der Waals surface area contributed by atoms with E-state index in [0.29, 0.717) is 26.1 Å². The minimum atomic E-state index is -3.65. The second kappa shape index (κ2) is 6.98. The molecule has 0 radical (unpaired) electrons. The summed E-state index contributed by atoms with van der Waals surface area (Å²) in [5.74, 6) is -0.356. The van der Waals surface area contributed by atoms with E-state index in [9.17, 15) is 12.8 Å². The number of halogens is 1. The van der Waals surface area contributed by atoms with Crippen LogP contribution in [0.1, 0.15) is 20.3 Å². The number of nitrogens with two attached hydrogens (primary N) is 1. The molecule has 0 unspecified atom stereocenters. The number of benzene rings is 1. The molecule has 0 aliphatic rings. The van der Waals surface area contributed by atoms with Gasteiger partial charge in [0.25, 0.3) is 0 Å². The van der Waals surface area contributed by atoms with Gasteiger partial charge >= 0.3 is 0 Å². The summed E-state index contributed by atoms with van der Waals surface area (Å²) in [7, 11) is -3.65. The van der Waals surface area contributed by atoms with Gasteiger partial charge in [-0.05, 0) is 37.1 Å². The molecule has 0 spiro atoms. The monoisotopic (exact) mass is 288 g/mol. The average molecular weight is 288 g/mol. The van der Waals surface area contributed by atoms with Gasteiger partial charge in [-0.2, -0.15) is 4.31 Å². The van der Waals surface area contributed by atoms with Crippen LogP contribution in [0.4, 0.5) is 4.39 Å². The van der Waals surface area contributed by atoms with Gasteiger partial charge in [0.05, 0.1) is 4.90 Å². The van der Waals surface area contributed by atoms with E-state index in [0.717, 1.165) is 6.07 Å². The van der Waals surface area contributed by atoms with Crippen molar-refractivity contribution in [2.24, 2.45) is 11.7 Å². The third-order valence-corrected chi connectivity index (χ3v) is 4.48. The first-order valence-corrected chi connectivity index (χ1v) is 7.77. The van der Waals surface area contributed by atoms with Crippen LogP contribution in [-0.2, 0) is 10.0 Å². The molecule has 0 aliphatic carbocycles. The normalized spacial score (nSPS) is 12.3. The summed E-state index contributed by atoms with van der Waals surface area (Å²) in [4.78, 5) is -0.00910. The van der Waals surface area contributed by atoms with E-state index in [1.807, 2.05) is 13.8 Å². The van der Waals surface area contributed by atoms with Crippen molar-refractivity contribution in [3.63, 3.8) is 0 Å². The van der Waals surface area contributed by atoms with Crippen LogP contribution >= 0.6 is 0 Å². The number of hydrogen-bond acceptors (Lipinski definition) is 3. The van der Waals surface area contributed by atoms with Crippen LogP contribution in [0.3, 0.4) is 0 Å². The van der Waals surface area contributed by atoms with Crippen LogP contribution in [0.5, 0.6) is 0 Å². The number of sulfonamides is 1. The van der Waals surface area contributed by atoms with Gasteiger partial charge in [0.15, 0.2) is 0 Å². The maximum absolute atomic E-state index is 13.2.